The molecule has 4 rings (SSSR count). The first-order chi connectivity index (χ1) is 12.2. The molecule has 0 aliphatic carbocycles. The molecule has 0 amide bonds. The Kier molecular flexibility index (Phi) is 4.59. The predicted molar refractivity (Wildman–Crippen MR) is 92.0 cm³/mol. The number of rotatable bonds is 5. The lowest BCUT2D eigenvalue weighted by atomic mass is 10.0. The monoisotopic (exact) mass is 344 g/mol. The summed E-state index contributed by atoms with van der Waals surface area (Å²) in [7, 11) is 1.69. The number of aromatic amines is 1. The minimum absolute atomic E-state index is 0.00402. The number of methoxy groups -OCH3 is 1. The van der Waals surface area contributed by atoms with Crippen molar-refractivity contribution in [3.8, 4) is 11.5 Å². The van der Waals surface area contributed by atoms with Crippen LogP contribution in [0.15, 0.2) is 18.2 Å². The normalized spacial score (nSPS) is 25.4. The Morgan fingerprint density at radius 1 is 1.36 bits per heavy atom. The van der Waals surface area contributed by atoms with E-state index >= 15 is 0 Å². The maximum Gasteiger partial charge on any atom is 0.179 e. The van der Waals surface area contributed by atoms with E-state index in [0.717, 1.165) is 49.0 Å². The summed E-state index contributed by atoms with van der Waals surface area (Å²) in [5.74, 6) is 3.42. The Bertz CT molecular complexity index is 733. The van der Waals surface area contributed by atoms with Gasteiger partial charge in [-0.25, -0.2) is 4.98 Å². The summed E-state index contributed by atoms with van der Waals surface area (Å²) in [5, 5.41) is 10.7. The van der Waals surface area contributed by atoms with E-state index in [1.54, 1.807) is 7.11 Å². The number of nitrogens with one attached hydrogen (secondary N) is 2. The van der Waals surface area contributed by atoms with Gasteiger partial charge in [0.15, 0.2) is 5.82 Å². The van der Waals surface area contributed by atoms with Crippen LogP contribution in [0, 0.1) is 6.92 Å². The summed E-state index contributed by atoms with van der Waals surface area (Å²) < 4.78 is 17.3. The van der Waals surface area contributed by atoms with Crippen molar-refractivity contribution < 1.29 is 14.2 Å². The van der Waals surface area contributed by atoms with Gasteiger partial charge in [0.2, 0.25) is 0 Å². The highest BCUT2D eigenvalue weighted by molar-refractivity contribution is 5.42. The summed E-state index contributed by atoms with van der Waals surface area (Å²) in [6.07, 6.45) is 3.11. The van der Waals surface area contributed by atoms with E-state index in [2.05, 4.69) is 26.6 Å². The van der Waals surface area contributed by atoms with Crippen molar-refractivity contribution >= 4 is 0 Å². The lowest BCUT2D eigenvalue weighted by Gasteiger charge is -2.27. The van der Waals surface area contributed by atoms with Gasteiger partial charge < -0.3 is 19.5 Å². The Labute approximate surface area is 147 Å². The third-order valence-electron chi connectivity index (χ3n) is 4.82. The standard InChI is InChI=1S/C18H24N4O3/c1-11-20-18(22-21-11)17-6-4-15(25-17)9-19-13-7-12-8-14(23-2)3-5-16(12)24-10-13/h3,5,8,13,15,17,19H,4,6-7,9-10H2,1-2H3,(H,20,21,22)/t13?,15-,17+/m1/s1. The van der Waals surface area contributed by atoms with Crippen LogP contribution in [-0.2, 0) is 11.2 Å². The average Bonchev–Trinajstić information content (AvgIpc) is 3.28. The number of ether oxygens (including phenoxy) is 3. The van der Waals surface area contributed by atoms with Crippen LogP contribution in [-0.4, -0.2) is 47.6 Å². The molecule has 1 aromatic heterocycles. The molecule has 2 N–H and O–H groups in total. The second-order valence-electron chi connectivity index (χ2n) is 6.70. The van der Waals surface area contributed by atoms with Gasteiger partial charge in [-0.1, -0.05) is 0 Å². The van der Waals surface area contributed by atoms with E-state index in [4.69, 9.17) is 14.2 Å². The molecule has 2 aliphatic heterocycles. The number of benzene rings is 1. The largest absolute Gasteiger partial charge is 0.497 e. The zero-order chi connectivity index (χ0) is 17.2. The summed E-state index contributed by atoms with van der Waals surface area (Å²) >= 11 is 0. The molecule has 0 saturated carbocycles. The number of H-pyrrole nitrogens is 1. The molecule has 25 heavy (non-hydrogen) atoms. The minimum Gasteiger partial charge on any atom is -0.497 e. The second-order valence-corrected chi connectivity index (χ2v) is 6.70. The van der Waals surface area contributed by atoms with Gasteiger partial charge in [0, 0.05) is 12.6 Å². The summed E-state index contributed by atoms with van der Waals surface area (Å²) in [5.41, 5.74) is 1.18. The SMILES string of the molecule is COc1ccc2c(c1)CC(NC[C@H]1CC[C@@H](c3n[nH]c(C)n3)O1)CO2. The van der Waals surface area contributed by atoms with E-state index in [9.17, 15) is 0 Å². The molecule has 2 aliphatic rings. The molecule has 1 saturated heterocycles. The van der Waals surface area contributed by atoms with Gasteiger partial charge in [0.05, 0.1) is 13.2 Å². The molecule has 0 bridgehead atoms. The van der Waals surface area contributed by atoms with Crippen LogP contribution >= 0.6 is 0 Å². The molecule has 7 nitrogen and oxygen atoms in total. The first-order valence-corrected chi connectivity index (χ1v) is 8.78. The fourth-order valence-electron chi connectivity index (χ4n) is 3.48. The number of aromatic nitrogens is 3. The van der Waals surface area contributed by atoms with Crippen LogP contribution in [0.3, 0.4) is 0 Å². The molecule has 7 heteroatoms. The lowest BCUT2D eigenvalue weighted by molar-refractivity contribution is 0.0373. The van der Waals surface area contributed by atoms with Gasteiger partial charge in [0.25, 0.3) is 0 Å². The van der Waals surface area contributed by atoms with Crippen LogP contribution in [0.25, 0.3) is 0 Å². The molecule has 3 atom stereocenters. The fourth-order valence-corrected chi connectivity index (χ4v) is 3.48. The van der Waals surface area contributed by atoms with E-state index in [-0.39, 0.29) is 18.2 Å². The van der Waals surface area contributed by atoms with E-state index in [1.807, 2.05) is 19.1 Å². The molecule has 0 spiro atoms. The first-order valence-electron chi connectivity index (χ1n) is 8.78. The number of fused-ring (bicyclic) bond motifs is 1. The Balaban J connectivity index is 1.29. The Hall–Kier alpha value is -2.12. The zero-order valence-corrected chi connectivity index (χ0v) is 14.6. The second kappa shape index (κ2) is 7.01. The molecule has 3 heterocycles. The van der Waals surface area contributed by atoms with Crippen LogP contribution in [0.4, 0.5) is 0 Å². The lowest BCUT2D eigenvalue weighted by Crippen LogP contribution is -2.42. The fraction of sp³-hybridized carbons (Fsp3) is 0.556. The van der Waals surface area contributed by atoms with Crippen molar-refractivity contribution in [1.29, 1.82) is 0 Å². The van der Waals surface area contributed by atoms with Crippen LogP contribution < -0.4 is 14.8 Å². The highest BCUT2D eigenvalue weighted by Crippen LogP contribution is 2.31. The average molecular weight is 344 g/mol. The van der Waals surface area contributed by atoms with Crippen LogP contribution in [0.1, 0.15) is 36.2 Å². The number of aryl methyl sites for hydroxylation is 1. The van der Waals surface area contributed by atoms with Crippen molar-refractivity contribution in [2.45, 2.75) is 44.4 Å². The number of hydrogen-bond donors (Lipinski definition) is 2. The molecule has 1 aromatic carbocycles. The number of nitrogens with zero attached hydrogens (tertiary/aromatic N) is 2. The van der Waals surface area contributed by atoms with Gasteiger partial charge >= 0.3 is 0 Å². The van der Waals surface area contributed by atoms with Crippen LogP contribution in [0.2, 0.25) is 0 Å². The zero-order valence-electron chi connectivity index (χ0n) is 14.6. The molecular formula is C18H24N4O3. The highest BCUT2D eigenvalue weighted by Gasteiger charge is 2.30. The third-order valence-corrected chi connectivity index (χ3v) is 4.82. The van der Waals surface area contributed by atoms with Crippen molar-refractivity contribution in [3.63, 3.8) is 0 Å². The Morgan fingerprint density at radius 3 is 3.08 bits per heavy atom. The van der Waals surface area contributed by atoms with Crippen LogP contribution in [0.5, 0.6) is 11.5 Å². The third kappa shape index (κ3) is 3.62. The predicted octanol–water partition coefficient (Wildman–Crippen LogP) is 1.94. The highest BCUT2D eigenvalue weighted by atomic mass is 16.5. The Morgan fingerprint density at radius 2 is 2.28 bits per heavy atom. The molecule has 1 unspecified atom stereocenters. The quantitative estimate of drug-likeness (QED) is 0.863. The van der Waals surface area contributed by atoms with Gasteiger partial charge in [-0.15, -0.1) is 0 Å². The van der Waals surface area contributed by atoms with E-state index in [1.165, 1.54) is 5.56 Å². The summed E-state index contributed by atoms with van der Waals surface area (Å²) in [4.78, 5) is 4.37. The van der Waals surface area contributed by atoms with Gasteiger partial charge in [0.1, 0.15) is 30.0 Å². The van der Waals surface area contributed by atoms with Gasteiger partial charge in [-0.2, -0.15) is 5.10 Å². The van der Waals surface area contributed by atoms with Gasteiger partial charge in [-0.05, 0) is 49.9 Å². The summed E-state index contributed by atoms with van der Waals surface area (Å²) in [6, 6.07) is 6.25. The van der Waals surface area contributed by atoms with E-state index in [0.29, 0.717) is 6.61 Å². The smallest absolute Gasteiger partial charge is 0.179 e. The van der Waals surface area contributed by atoms with Crippen molar-refractivity contribution in [1.82, 2.24) is 20.5 Å². The van der Waals surface area contributed by atoms with E-state index < -0.39 is 0 Å². The molecule has 2 aromatic rings. The molecule has 1 fully saturated rings. The maximum atomic E-state index is 6.09. The van der Waals surface area contributed by atoms with Gasteiger partial charge in [-0.3, -0.25) is 5.10 Å². The molecule has 134 valence electrons. The van der Waals surface area contributed by atoms with Crippen molar-refractivity contribution in [3.05, 3.63) is 35.4 Å². The molecular weight excluding hydrogens is 320 g/mol. The first kappa shape index (κ1) is 16.4. The molecule has 0 radical (unpaired) electrons. The topological polar surface area (TPSA) is 81.3 Å². The number of hydrogen-bond acceptors (Lipinski definition) is 6. The van der Waals surface area contributed by atoms with Crippen molar-refractivity contribution in [2.75, 3.05) is 20.3 Å². The maximum absolute atomic E-state index is 6.09. The summed E-state index contributed by atoms with van der Waals surface area (Å²) in [6.45, 7) is 3.39. The minimum atomic E-state index is 0.00402. The van der Waals surface area contributed by atoms with Crippen molar-refractivity contribution in [2.24, 2.45) is 0 Å².